The Labute approximate surface area is 106 Å². The average Bonchev–Trinajstić information content (AvgIpc) is 2.61. The first-order valence-electron chi connectivity index (χ1n) is 5.79. The summed E-state index contributed by atoms with van der Waals surface area (Å²) in [7, 11) is 0. The van der Waals surface area contributed by atoms with Crippen LogP contribution in [0.1, 0.15) is 33.4 Å². The summed E-state index contributed by atoms with van der Waals surface area (Å²) in [6.07, 6.45) is 1.17. The maximum Gasteiger partial charge on any atom is 0.407 e. The molecule has 7 heteroatoms. The van der Waals surface area contributed by atoms with Crippen LogP contribution in [0, 0.1) is 0 Å². The molecule has 0 bridgehead atoms. The number of amides is 1. The van der Waals surface area contributed by atoms with Crippen LogP contribution in [0.5, 0.6) is 0 Å². The minimum Gasteiger partial charge on any atom is -0.444 e. The van der Waals surface area contributed by atoms with Gasteiger partial charge in [-0.05, 0) is 27.7 Å². The zero-order valence-corrected chi connectivity index (χ0v) is 11.2. The highest BCUT2D eigenvalue weighted by atomic mass is 16.6. The van der Waals surface area contributed by atoms with E-state index in [0.29, 0.717) is 12.2 Å². The Morgan fingerprint density at radius 1 is 1.61 bits per heavy atom. The van der Waals surface area contributed by atoms with Gasteiger partial charge in [0, 0.05) is 6.04 Å². The van der Waals surface area contributed by atoms with Crippen LogP contribution in [0.4, 0.5) is 4.79 Å². The van der Waals surface area contributed by atoms with E-state index >= 15 is 0 Å². The summed E-state index contributed by atoms with van der Waals surface area (Å²) in [6, 6.07) is -0.145. The summed E-state index contributed by atoms with van der Waals surface area (Å²) in [6.45, 7) is 7.58. The van der Waals surface area contributed by atoms with E-state index < -0.39 is 11.7 Å². The predicted octanol–water partition coefficient (Wildman–Crippen LogP) is 0.684. The van der Waals surface area contributed by atoms with Gasteiger partial charge in [0.05, 0.1) is 19.3 Å². The van der Waals surface area contributed by atoms with Crippen molar-refractivity contribution in [2.75, 3.05) is 0 Å². The molecule has 1 aromatic heterocycles. The molecule has 0 unspecified atom stereocenters. The first-order valence-corrected chi connectivity index (χ1v) is 5.79. The minimum atomic E-state index is -0.513. The van der Waals surface area contributed by atoms with Crippen LogP contribution < -0.4 is 5.32 Å². The smallest absolute Gasteiger partial charge is 0.407 e. The summed E-state index contributed by atoms with van der Waals surface area (Å²) in [5.41, 5.74) is -0.0133. The molecular formula is C11H20N4O3. The van der Waals surface area contributed by atoms with Gasteiger partial charge < -0.3 is 15.2 Å². The summed E-state index contributed by atoms with van der Waals surface area (Å²) in [5, 5.41) is 19.1. The molecule has 1 atom stereocenters. The molecule has 0 fully saturated rings. The van der Waals surface area contributed by atoms with E-state index in [9.17, 15) is 4.79 Å². The fourth-order valence-electron chi connectivity index (χ4n) is 1.34. The van der Waals surface area contributed by atoms with Gasteiger partial charge in [-0.25, -0.2) is 4.79 Å². The molecule has 7 nitrogen and oxygen atoms in total. The van der Waals surface area contributed by atoms with Crippen LogP contribution in [0.2, 0.25) is 0 Å². The molecular weight excluding hydrogens is 236 g/mol. The highest BCUT2D eigenvalue weighted by Crippen LogP contribution is 2.06. The van der Waals surface area contributed by atoms with Gasteiger partial charge >= 0.3 is 6.09 Å². The van der Waals surface area contributed by atoms with Crippen LogP contribution >= 0.6 is 0 Å². The van der Waals surface area contributed by atoms with Crippen molar-refractivity contribution in [2.45, 2.75) is 52.5 Å². The summed E-state index contributed by atoms with van der Waals surface area (Å²) in [5.74, 6) is 0. The number of aliphatic hydroxyl groups is 1. The molecule has 0 aromatic carbocycles. The number of hydrogen-bond donors (Lipinski definition) is 2. The van der Waals surface area contributed by atoms with Crippen LogP contribution in [0.25, 0.3) is 0 Å². The lowest BCUT2D eigenvalue weighted by atomic mass is 10.2. The molecule has 1 heterocycles. The molecule has 0 spiro atoms. The second-order valence-corrected chi connectivity index (χ2v) is 5.14. The van der Waals surface area contributed by atoms with Gasteiger partial charge in [-0.2, -0.15) is 0 Å². The quantitative estimate of drug-likeness (QED) is 0.827. The number of ether oxygens (including phenoxy) is 1. The Balaban J connectivity index is 2.41. The lowest BCUT2D eigenvalue weighted by molar-refractivity contribution is 0.0503. The third-order valence-electron chi connectivity index (χ3n) is 1.97. The molecule has 1 aromatic rings. The number of aliphatic hydroxyl groups excluding tert-OH is 1. The maximum atomic E-state index is 11.5. The lowest BCUT2D eigenvalue weighted by Crippen LogP contribution is -2.39. The SMILES string of the molecule is C[C@@H](Cn1cc(CO)nn1)NC(=O)OC(C)(C)C. The van der Waals surface area contributed by atoms with Gasteiger partial charge in [-0.3, -0.25) is 4.68 Å². The zero-order valence-electron chi connectivity index (χ0n) is 11.2. The van der Waals surface area contributed by atoms with Gasteiger partial charge in [0.25, 0.3) is 0 Å². The first kappa shape index (κ1) is 14.4. The number of nitrogens with one attached hydrogen (secondary N) is 1. The fourth-order valence-corrected chi connectivity index (χ4v) is 1.34. The molecule has 0 aliphatic rings. The van der Waals surface area contributed by atoms with Gasteiger partial charge in [0.1, 0.15) is 11.3 Å². The monoisotopic (exact) mass is 256 g/mol. The van der Waals surface area contributed by atoms with Gasteiger partial charge in [-0.1, -0.05) is 5.21 Å². The molecule has 0 saturated carbocycles. The van der Waals surface area contributed by atoms with Crippen LogP contribution in [-0.4, -0.2) is 37.8 Å². The predicted molar refractivity (Wildman–Crippen MR) is 64.8 cm³/mol. The van der Waals surface area contributed by atoms with Crippen molar-refractivity contribution < 1.29 is 14.6 Å². The molecule has 1 rings (SSSR count). The molecule has 1 amide bonds. The number of aromatic nitrogens is 3. The van der Waals surface area contributed by atoms with Crippen molar-refractivity contribution in [1.29, 1.82) is 0 Å². The Bertz CT molecular complexity index is 397. The molecule has 2 N–H and O–H groups in total. The zero-order chi connectivity index (χ0) is 13.8. The highest BCUT2D eigenvalue weighted by molar-refractivity contribution is 5.67. The molecule has 0 radical (unpaired) electrons. The molecule has 0 aliphatic carbocycles. The lowest BCUT2D eigenvalue weighted by Gasteiger charge is -2.21. The van der Waals surface area contributed by atoms with Crippen molar-refractivity contribution in [2.24, 2.45) is 0 Å². The number of alkyl carbamates (subject to hydrolysis) is 1. The van der Waals surface area contributed by atoms with E-state index in [4.69, 9.17) is 9.84 Å². The normalized spacial score (nSPS) is 13.2. The highest BCUT2D eigenvalue weighted by Gasteiger charge is 2.17. The van der Waals surface area contributed by atoms with E-state index in [1.807, 2.05) is 27.7 Å². The van der Waals surface area contributed by atoms with E-state index in [0.717, 1.165) is 0 Å². The third-order valence-corrected chi connectivity index (χ3v) is 1.97. The molecule has 102 valence electrons. The minimum absolute atomic E-state index is 0.145. The average molecular weight is 256 g/mol. The third kappa shape index (κ3) is 5.13. The van der Waals surface area contributed by atoms with E-state index in [-0.39, 0.29) is 12.6 Å². The van der Waals surface area contributed by atoms with Crippen LogP contribution in [-0.2, 0) is 17.9 Å². The van der Waals surface area contributed by atoms with E-state index in [2.05, 4.69) is 15.6 Å². The van der Waals surface area contributed by atoms with Crippen LogP contribution in [0.3, 0.4) is 0 Å². The summed E-state index contributed by atoms with van der Waals surface area (Å²) in [4.78, 5) is 11.5. The first-order chi connectivity index (χ1) is 8.30. The molecule has 0 aliphatic heterocycles. The maximum absolute atomic E-state index is 11.5. The van der Waals surface area contributed by atoms with Crippen molar-refractivity contribution in [1.82, 2.24) is 20.3 Å². The Hall–Kier alpha value is -1.63. The largest absolute Gasteiger partial charge is 0.444 e. The van der Waals surface area contributed by atoms with Gasteiger partial charge in [0.2, 0.25) is 0 Å². The van der Waals surface area contributed by atoms with Crippen LogP contribution in [0.15, 0.2) is 6.20 Å². The summed E-state index contributed by atoms with van der Waals surface area (Å²) >= 11 is 0. The number of hydrogen-bond acceptors (Lipinski definition) is 5. The van der Waals surface area contributed by atoms with Crippen molar-refractivity contribution >= 4 is 6.09 Å². The van der Waals surface area contributed by atoms with Gasteiger partial charge in [0.15, 0.2) is 0 Å². The number of carbonyl (C=O) groups excluding carboxylic acids is 1. The Morgan fingerprint density at radius 2 is 2.28 bits per heavy atom. The summed E-state index contributed by atoms with van der Waals surface area (Å²) < 4.78 is 6.70. The van der Waals surface area contributed by atoms with Crippen molar-refractivity contribution in [3.8, 4) is 0 Å². The molecule has 18 heavy (non-hydrogen) atoms. The van der Waals surface area contributed by atoms with Crippen molar-refractivity contribution in [3.05, 3.63) is 11.9 Å². The fraction of sp³-hybridized carbons (Fsp3) is 0.727. The van der Waals surface area contributed by atoms with E-state index in [1.54, 1.807) is 10.9 Å². The Kier molecular flexibility index (Phi) is 4.66. The number of carbonyl (C=O) groups is 1. The van der Waals surface area contributed by atoms with Crippen molar-refractivity contribution in [3.63, 3.8) is 0 Å². The Morgan fingerprint density at radius 3 is 2.78 bits per heavy atom. The standard InChI is InChI=1S/C11H20N4O3/c1-8(12-10(17)18-11(2,3)4)5-15-6-9(7-16)13-14-15/h6,8,16H,5,7H2,1-4H3,(H,12,17)/t8-/m0/s1. The van der Waals surface area contributed by atoms with E-state index in [1.165, 1.54) is 0 Å². The second-order valence-electron chi connectivity index (χ2n) is 5.14. The van der Waals surface area contributed by atoms with Gasteiger partial charge in [-0.15, -0.1) is 5.10 Å². The number of nitrogens with zero attached hydrogens (tertiary/aromatic N) is 3. The second kappa shape index (κ2) is 5.81. The number of rotatable bonds is 4. The molecule has 0 saturated heterocycles. The topological polar surface area (TPSA) is 89.3 Å².